The molecule has 0 bridgehead atoms. The van der Waals surface area contributed by atoms with E-state index in [2.05, 4.69) is 4.99 Å². The number of halogens is 1. The molecule has 3 heteroatoms. The smallest absolute Gasteiger partial charge is 0.0704 e. The second-order valence-electron chi connectivity index (χ2n) is 2.31. The summed E-state index contributed by atoms with van der Waals surface area (Å²) in [7, 11) is 0. The maximum atomic E-state index is 5.80. The summed E-state index contributed by atoms with van der Waals surface area (Å²) in [6, 6.07) is 7.52. The van der Waals surface area contributed by atoms with E-state index in [0.29, 0.717) is 0 Å². The Labute approximate surface area is 81.8 Å². The van der Waals surface area contributed by atoms with Crippen molar-refractivity contribution in [3.63, 3.8) is 0 Å². The fourth-order valence-corrected chi connectivity index (χ4v) is 1.15. The molecule has 1 aromatic carbocycles. The summed E-state index contributed by atoms with van der Waals surface area (Å²) in [4.78, 5) is 4.33. The SMILES string of the molecule is CSC(C)=Nc1cccc(Cl)c1. The van der Waals surface area contributed by atoms with Crippen LogP contribution in [0.4, 0.5) is 5.69 Å². The third-order valence-corrected chi connectivity index (χ3v) is 2.31. The van der Waals surface area contributed by atoms with E-state index >= 15 is 0 Å². The van der Waals surface area contributed by atoms with Crippen LogP contribution >= 0.6 is 23.4 Å². The van der Waals surface area contributed by atoms with Gasteiger partial charge in [-0.2, -0.15) is 0 Å². The molecule has 1 nitrogen and oxygen atoms in total. The van der Waals surface area contributed by atoms with Crippen LogP contribution in [-0.4, -0.2) is 11.3 Å². The maximum absolute atomic E-state index is 5.80. The van der Waals surface area contributed by atoms with Gasteiger partial charge in [-0.15, -0.1) is 11.8 Å². The van der Waals surface area contributed by atoms with Gasteiger partial charge in [0.2, 0.25) is 0 Å². The fourth-order valence-electron chi connectivity index (χ4n) is 0.773. The maximum Gasteiger partial charge on any atom is 0.0704 e. The van der Waals surface area contributed by atoms with Crippen molar-refractivity contribution in [2.75, 3.05) is 6.26 Å². The number of rotatable bonds is 1. The van der Waals surface area contributed by atoms with E-state index < -0.39 is 0 Å². The molecule has 0 aliphatic carbocycles. The second-order valence-corrected chi connectivity index (χ2v) is 3.75. The molecule has 0 unspecified atom stereocenters. The number of hydrogen-bond donors (Lipinski definition) is 0. The second kappa shape index (κ2) is 4.53. The van der Waals surface area contributed by atoms with Crippen molar-refractivity contribution < 1.29 is 0 Å². The van der Waals surface area contributed by atoms with Gasteiger partial charge in [0, 0.05) is 5.02 Å². The van der Waals surface area contributed by atoms with Crippen molar-refractivity contribution in [3.05, 3.63) is 29.3 Å². The van der Waals surface area contributed by atoms with Crippen LogP contribution in [0.5, 0.6) is 0 Å². The third-order valence-electron chi connectivity index (χ3n) is 1.39. The van der Waals surface area contributed by atoms with Crippen LogP contribution < -0.4 is 0 Å². The molecular weight excluding hydrogens is 190 g/mol. The zero-order chi connectivity index (χ0) is 8.97. The Morgan fingerprint density at radius 3 is 2.83 bits per heavy atom. The number of thioether (sulfide) groups is 1. The van der Waals surface area contributed by atoms with Gasteiger partial charge < -0.3 is 0 Å². The van der Waals surface area contributed by atoms with E-state index in [-0.39, 0.29) is 0 Å². The monoisotopic (exact) mass is 199 g/mol. The zero-order valence-electron chi connectivity index (χ0n) is 7.04. The summed E-state index contributed by atoms with van der Waals surface area (Å²) in [5, 5.41) is 1.77. The van der Waals surface area contributed by atoms with Gasteiger partial charge in [-0.05, 0) is 31.4 Å². The highest BCUT2D eigenvalue weighted by Gasteiger charge is 1.91. The molecule has 0 aliphatic heterocycles. The molecule has 0 aromatic heterocycles. The summed E-state index contributed by atoms with van der Waals surface area (Å²) < 4.78 is 0. The minimum atomic E-state index is 0.727. The van der Waals surface area contributed by atoms with Gasteiger partial charge in [-0.1, -0.05) is 17.7 Å². The Bertz CT molecular complexity index is 296. The lowest BCUT2D eigenvalue weighted by Crippen LogP contribution is -1.78. The van der Waals surface area contributed by atoms with E-state index in [4.69, 9.17) is 11.6 Å². The summed E-state index contributed by atoms with van der Waals surface area (Å²) in [5.74, 6) is 0. The van der Waals surface area contributed by atoms with E-state index in [1.807, 2.05) is 37.4 Å². The van der Waals surface area contributed by atoms with Gasteiger partial charge in [-0.3, -0.25) is 0 Å². The van der Waals surface area contributed by atoms with E-state index in [1.165, 1.54) is 0 Å². The average Bonchev–Trinajstić information content (AvgIpc) is 2.04. The molecule has 0 spiro atoms. The van der Waals surface area contributed by atoms with Crippen LogP contribution in [0.1, 0.15) is 6.92 Å². The quantitative estimate of drug-likeness (QED) is 0.496. The van der Waals surface area contributed by atoms with Crippen molar-refractivity contribution in [2.45, 2.75) is 6.92 Å². The van der Waals surface area contributed by atoms with Crippen molar-refractivity contribution in [2.24, 2.45) is 4.99 Å². The first-order valence-corrected chi connectivity index (χ1v) is 5.17. The molecule has 0 fully saturated rings. The molecule has 12 heavy (non-hydrogen) atoms. The number of nitrogens with zero attached hydrogens (tertiary/aromatic N) is 1. The topological polar surface area (TPSA) is 12.4 Å². The molecule has 0 radical (unpaired) electrons. The summed E-state index contributed by atoms with van der Waals surface area (Å²) in [5.41, 5.74) is 0.911. The zero-order valence-corrected chi connectivity index (χ0v) is 8.62. The minimum absolute atomic E-state index is 0.727. The number of aliphatic imine (C=N–C) groups is 1. The van der Waals surface area contributed by atoms with Gasteiger partial charge in [0.05, 0.1) is 10.7 Å². The Hall–Kier alpha value is -0.470. The molecule has 0 atom stereocenters. The summed E-state index contributed by atoms with van der Waals surface area (Å²) in [6.07, 6.45) is 2.00. The highest BCUT2D eigenvalue weighted by molar-refractivity contribution is 8.13. The van der Waals surface area contributed by atoms with Crippen LogP contribution in [0.25, 0.3) is 0 Å². The lowest BCUT2D eigenvalue weighted by molar-refractivity contribution is 1.52. The fraction of sp³-hybridized carbons (Fsp3) is 0.222. The Morgan fingerprint density at radius 2 is 2.25 bits per heavy atom. The molecule has 0 N–H and O–H groups in total. The van der Waals surface area contributed by atoms with Crippen LogP contribution in [0.2, 0.25) is 5.02 Å². The highest BCUT2D eigenvalue weighted by atomic mass is 35.5. The minimum Gasteiger partial charge on any atom is -0.247 e. The first-order chi connectivity index (χ1) is 5.72. The lowest BCUT2D eigenvalue weighted by atomic mass is 10.3. The van der Waals surface area contributed by atoms with Gasteiger partial charge in [0.25, 0.3) is 0 Å². The van der Waals surface area contributed by atoms with Gasteiger partial charge >= 0.3 is 0 Å². The van der Waals surface area contributed by atoms with Crippen LogP contribution in [0.3, 0.4) is 0 Å². The summed E-state index contributed by atoms with van der Waals surface area (Å²) >= 11 is 7.43. The molecule has 0 aliphatic rings. The molecule has 0 saturated heterocycles. The Morgan fingerprint density at radius 1 is 1.50 bits per heavy atom. The van der Waals surface area contributed by atoms with Crippen LogP contribution in [0.15, 0.2) is 29.3 Å². The molecule has 1 aromatic rings. The van der Waals surface area contributed by atoms with Gasteiger partial charge in [0.15, 0.2) is 0 Å². The van der Waals surface area contributed by atoms with Crippen molar-refractivity contribution in [3.8, 4) is 0 Å². The van der Waals surface area contributed by atoms with Gasteiger partial charge in [-0.25, -0.2) is 4.99 Å². The number of benzene rings is 1. The Balaban J connectivity index is 2.89. The molecule has 64 valence electrons. The van der Waals surface area contributed by atoms with Gasteiger partial charge in [0.1, 0.15) is 0 Å². The van der Waals surface area contributed by atoms with E-state index in [1.54, 1.807) is 11.8 Å². The molecule has 0 amide bonds. The normalized spacial score (nSPS) is 11.8. The van der Waals surface area contributed by atoms with Crippen molar-refractivity contribution in [1.82, 2.24) is 0 Å². The van der Waals surface area contributed by atoms with Crippen LogP contribution in [0, 0.1) is 0 Å². The molecule has 0 saturated carbocycles. The van der Waals surface area contributed by atoms with Crippen molar-refractivity contribution >= 4 is 34.1 Å². The first-order valence-electron chi connectivity index (χ1n) is 3.57. The predicted molar refractivity (Wildman–Crippen MR) is 57.7 cm³/mol. The van der Waals surface area contributed by atoms with E-state index in [0.717, 1.165) is 15.8 Å². The Kier molecular flexibility index (Phi) is 3.63. The largest absolute Gasteiger partial charge is 0.247 e. The van der Waals surface area contributed by atoms with Crippen LogP contribution in [-0.2, 0) is 0 Å². The third kappa shape index (κ3) is 2.88. The average molecular weight is 200 g/mol. The standard InChI is InChI=1S/C9H10ClNS/c1-7(12-2)11-9-5-3-4-8(10)6-9/h3-6H,1-2H3. The van der Waals surface area contributed by atoms with Crippen molar-refractivity contribution in [1.29, 1.82) is 0 Å². The highest BCUT2D eigenvalue weighted by Crippen LogP contribution is 2.19. The lowest BCUT2D eigenvalue weighted by Gasteiger charge is -1.96. The molecule has 1 rings (SSSR count). The predicted octanol–water partition coefficient (Wildman–Crippen LogP) is 3.75. The summed E-state index contributed by atoms with van der Waals surface area (Å²) in [6.45, 7) is 1.98. The first kappa shape index (κ1) is 9.62. The molecular formula is C9H10ClNS. The molecule has 0 heterocycles. The van der Waals surface area contributed by atoms with E-state index in [9.17, 15) is 0 Å². The number of hydrogen-bond acceptors (Lipinski definition) is 2.